The van der Waals surface area contributed by atoms with Crippen LogP contribution in [0.5, 0.6) is 0 Å². The van der Waals surface area contributed by atoms with Crippen LogP contribution >= 0.6 is 0 Å². The first-order chi connectivity index (χ1) is 7.78. The molecule has 0 amide bonds. The van der Waals surface area contributed by atoms with Crippen LogP contribution in [0, 0.1) is 11.8 Å². The van der Waals surface area contributed by atoms with Gasteiger partial charge >= 0.3 is 0 Å². The number of azo groups is 1. The zero-order valence-corrected chi connectivity index (χ0v) is 10.1. The van der Waals surface area contributed by atoms with Gasteiger partial charge in [-0.25, -0.2) is 0 Å². The predicted octanol–water partition coefficient (Wildman–Crippen LogP) is 4.10. The molecule has 4 bridgehead atoms. The number of nitrogens with zero attached hydrogens (tertiary/aromatic N) is 2. The first-order valence-electron chi connectivity index (χ1n) is 7.22. The Hall–Kier alpha value is -0.400. The van der Waals surface area contributed by atoms with Crippen molar-refractivity contribution in [3.63, 3.8) is 0 Å². The smallest absolute Gasteiger partial charge is 0.0819 e. The van der Waals surface area contributed by atoms with Crippen LogP contribution in [0.3, 0.4) is 0 Å². The summed E-state index contributed by atoms with van der Waals surface area (Å²) in [5, 5.41) is 9.78. The third-order valence-electron chi connectivity index (χ3n) is 5.88. The number of hydrogen-bond donors (Lipinski definition) is 0. The number of fused-ring (bicyclic) bond motifs is 4. The van der Waals surface area contributed by atoms with Crippen molar-refractivity contribution in [1.82, 2.24) is 0 Å². The molecule has 88 valence electrons. The molecule has 4 fully saturated rings. The first kappa shape index (κ1) is 9.61. The molecule has 4 aliphatic carbocycles. The Morgan fingerprint density at radius 3 is 1.25 bits per heavy atom. The van der Waals surface area contributed by atoms with Gasteiger partial charge in [-0.1, -0.05) is 0 Å². The molecule has 4 saturated carbocycles. The van der Waals surface area contributed by atoms with E-state index in [-0.39, 0.29) is 0 Å². The lowest BCUT2D eigenvalue weighted by Crippen LogP contribution is -2.23. The summed E-state index contributed by atoms with van der Waals surface area (Å²) in [6.45, 7) is 0. The van der Waals surface area contributed by atoms with Crippen molar-refractivity contribution < 1.29 is 0 Å². The third-order valence-corrected chi connectivity index (χ3v) is 5.88. The van der Waals surface area contributed by atoms with Crippen LogP contribution < -0.4 is 0 Å². The van der Waals surface area contributed by atoms with E-state index in [0.29, 0.717) is 11.1 Å². The molecule has 0 aromatic carbocycles. The maximum atomic E-state index is 4.89. The predicted molar refractivity (Wildman–Crippen MR) is 63.5 cm³/mol. The van der Waals surface area contributed by atoms with Crippen LogP contribution in [0.1, 0.15) is 64.2 Å². The van der Waals surface area contributed by atoms with Gasteiger partial charge in [0.05, 0.1) is 11.1 Å². The van der Waals surface area contributed by atoms with Crippen LogP contribution in [-0.4, -0.2) is 11.1 Å². The van der Waals surface area contributed by atoms with E-state index in [4.69, 9.17) is 10.2 Å². The van der Waals surface area contributed by atoms with Crippen molar-refractivity contribution >= 4 is 0 Å². The Morgan fingerprint density at radius 1 is 0.625 bits per heavy atom. The van der Waals surface area contributed by atoms with E-state index >= 15 is 0 Å². The second-order valence-corrected chi connectivity index (χ2v) is 6.94. The summed E-state index contributed by atoms with van der Waals surface area (Å²) in [5.41, 5.74) is 0.639. The highest BCUT2D eigenvalue weighted by molar-refractivity contribution is 5.05. The highest BCUT2D eigenvalue weighted by Gasteiger charge is 2.48. The van der Waals surface area contributed by atoms with Gasteiger partial charge in [-0.05, 0) is 76.0 Å². The highest BCUT2D eigenvalue weighted by atomic mass is 15.2. The molecular weight excluding hydrogens is 196 g/mol. The summed E-state index contributed by atoms with van der Waals surface area (Å²) in [5.74, 6) is 1.99. The molecule has 4 aliphatic rings. The molecule has 0 atom stereocenters. The van der Waals surface area contributed by atoms with Crippen molar-refractivity contribution in [3.05, 3.63) is 0 Å². The SMILES string of the molecule is C1CC2(N=NC34CCC(CC3)C4)CCC1C2. The summed E-state index contributed by atoms with van der Waals surface area (Å²) >= 11 is 0. The Bertz CT molecular complexity index is 286. The van der Waals surface area contributed by atoms with Gasteiger partial charge in [0, 0.05) is 0 Å². The molecule has 0 aromatic heterocycles. The van der Waals surface area contributed by atoms with Crippen molar-refractivity contribution in [2.24, 2.45) is 22.1 Å². The van der Waals surface area contributed by atoms with Gasteiger partial charge in [-0.2, -0.15) is 10.2 Å². The Labute approximate surface area is 97.9 Å². The Kier molecular flexibility index (Phi) is 1.85. The largest absolute Gasteiger partial charge is 0.187 e. The summed E-state index contributed by atoms with van der Waals surface area (Å²) in [6, 6.07) is 0. The minimum atomic E-state index is 0.320. The molecule has 0 radical (unpaired) electrons. The van der Waals surface area contributed by atoms with E-state index in [1.54, 1.807) is 0 Å². The number of rotatable bonds is 2. The minimum Gasteiger partial charge on any atom is -0.187 e. The van der Waals surface area contributed by atoms with E-state index in [9.17, 15) is 0 Å². The van der Waals surface area contributed by atoms with E-state index in [2.05, 4.69) is 0 Å². The molecule has 0 unspecified atom stereocenters. The van der Waals surface area contributed by atoms with Crippen molar-refractivity contribution in [2.75, 3.05) is 0 Å². The van der Waals surface area contributed by atoms with Crippen molar-refractivity contribution in [2.45, 2.75) is 75.3 Å². The molecule has 0 heterocycles. The summed E-state index contributed by atoms with van der Waals surface area (Å²) in [6.07, 6.45) is 13.8. The molecule has 0 spiro atoms. The Morgan fingerprint density at radius 2 is 1.00 bits per heavy atom. The zero-order valence-electron chi connectivity index (χ0n) is 10.1. The summed E-state index contributed by atoms with van der Waals surface area (Å²) < 4.78 is 0. The molecule has 2 nitrogen and oxygen atoms in total. The quantitative estimate of drug-likeness (QED) is 0.623. The monoisotopic (exact) mass is 218 g/mol. The summed E-state index contributed by atoms with van der Waals surface area (Å²) in [4.78, 5) is 0. The van der Waals surface area contributed by atoms with Gasteiger partial charge in [-0.15, -0.1) is 0 Å². The lowest BCUT2D eigenvalue weighted by atomic mass is 9.94. The normalized spacial score (nSPS) is 54.5. The molecule has 2 heteroatoms. The van der Waals surface area contributed by atoms with Crippen LogP contribution in [-0.2, 0) is 0 Å². The second kappa shape index (κ2) is 3.08. The van der Waals surface area contributed by atoms with E-state index < -0.39 is 0 Å². The molecule has 0 saturated heterocycles. The fourth-order valence-corrected chi connectivity index (χ4v) is 4.81. The fraction of sp³-hybridized carbons (Fsp3) is 1.00. The molecule has 0 aliphatic heterocycles. The molecular formula is C14H22N2. The van der Waals surface area contributed by atoms with E-state index in [0.717, 1.165) is 11.8 Å². The van der Waals surface area contributed by atoms with E-state index in [1.807, 2.05) is 0 Å². The van der Waals surface area contributed by atoms with Gasteiger partial charge in [-0.3, -0.25) is 0 Å². The lowest BCUT2D eigenvalue weighted by molar-refractivity contribution is 0.346. The van der Waals surface area contributed by atoms with Crippen molar-refractivity contribution in [1.29, 1.82) is 0 Å². The van der Waals surface area contributed by atoms with Gasteiger partial charge < -0.3 is 0 Å². The van der Waals surface area contributed by atoms with Gasteiger partial charge in [0.15, 0.2) is 0 Å². The van der Waals surface area contributed by atoms with Crippen LogP contribution in [0.2, 0.25) is 0 Å². The zero-order chi connectivity index (χ0) is 10.6. The van der Waals surface area contributed by atoms with E-state index in [1.165, 1.54) is 64.2 Å². The average molecular weight is 218 g/mol. The topological polar surface area (TPSA) is 24.7 Å². The maximum Gasteiger partial charge on any atom is 0.0819 e. The van der Waals surface area contributed by atoms with Crippen molar-refractivity contribution in [3.8, 4) is 0 Å². The third kappa shape index (κ3) is 1.31. The maximum absolute atomic E-state index is 4.89. The van der Waals surface area contributed by atoms with Crippen LogP contribution in [0.4, 0.5) is 0 Å². The first-order valence-corrected chi connectivity index (χ1v) is 7.22. The van der Waals surface area contributed by atoms with Gasteiger partial charge in [0.1, 0.15) is 0 Å². The molecule has 4 rings (SSSR count). The fourth-order valence-electron chi connectivity index (χ4n) is 4.81. The number of hydrogen-bond acceptors (Lipinski definition) is 2. The second-order valence-electron chi connectivity index (χ2n) is 6.94. The molecule has 0 aromatic rings. The molecule has 16 heavy (non-hydrogen) atoms. The molecule has 0 N–H and O–H groups in total. The van der Waals surface area contributed by atoms with Crippen LogP contribution in [0.15, 0.2) is 10.2 Å². The minimum absolute atomic E-state index is 0.320. The lowest BCUT2D eigenvalue weighted by Gasteiger charge is -2.25. The highest BCUT2D eigenvalue weighted by Crippen LogP contribution is 2.53. The Balaban J connectivity index is 1.54. The average Bonchev–Trinajstić information content (AvgIpc) is 3.07. The van der Waals surface area contributed by atoms with Crippen LogP contribution in [0.25, 0.3) is 0 Å². The standard InChI is InChI=1S/C14H22N2/c1-5-13(6-2-11(1)9-13)15-16-14-7-3-12(10-14)4-8-14/h11-12H,1-10H2. The van der Waals surface area contributed by atoms with Gasteiger partial charge in [0.2, 0.25) is 0 Å². The summed E-state index contributed by atoms with van der Waals surface area (Å²) in [7, 11) is 0. The van der Waals surface area contributed by atoms with Gasteiger partial charge in [0.25, 0.3) is 0 Å².